The second kappa shape index (κ2) is 7.14. The highest BCUT2D eigenvalue weighted by atomic mass is 35.5. The number of benzene rings is 1. The van der Waals surface area contributed by atoms with Crippen LogP contribution in [0, 0.1) is 5.92 Å². The van der Waals surface area contributed by atoms with Gasteiger partial charge in [0, 0.05) is 11.1 Å². The van der Waals surface area contributed by atoms with Crippen LogP contribution in [-0.2, 0) is 19.7 Å². The average molecular weight is 350 g/mol. The lowest BCUT2D eigenvalue weighted by Gasteiger charge is -2.27. The molecular formula is C19H24ClNO3. The van der Waals surface area contributed by atoms with Crippen molar-refractivity contribution in [3.8, 4) is 0 Å². The highest BCUT2D eigenvalue weighted by Gasteiger charge is 2.44. The molecule has 0 aliphatic heterocycles. The number of hydrogen-bond donors (Lipinski definition) is 1. The van der Waals surface area contributed by atoms with Crippen molar-refractivity contribution in [2.24, 2.45) is 5.92 Å². The number of carbonyl (C=O) groups excluding carboxylic acids is 2. The van der Waals surface area contributed by atoms with E-state index in [-0.39, 0.29) is 24.5 Å². The fraction of sp³-hybridized carbons (Fsp3) is 0.579. The average Bonchev–Trinajstić information content (AvgIpc) is 3.31. The molecule has 2 saturated carbocycles. The van der Waals surface area contributed by atoms with Gasteiger partial charge in [0.25, 0.3) is 5.91 Å². The second-order valence-corrected chi connectivity index (χ2v) is 7.50. The number of ether oxygens (including phenoxy) is 1. The Bertz CT molecular complexity index is 604. The second-order valence-electron chi connectivity index (χ2n) is 7.07. The van der Waals surface area contributed by atoms with E-state index in [0.29, 0.717) is 10.9 Å². The molecule has 0 saturated heterocycles. The van der Waals surface area contributed by atoms with Gasteiger partial charge in [-0.05, 0) is 56.2 Å². The highest BCUT2D eigenvalue weighted by molar-refractivity contribution is 6.30. The summed E-state index contributed by atoms with van der Waals surface area (Å²) in [4.78, 5) is 24.7. The SMILES string of the molecule is C[C@@H](NC(=O)COC(=O)C1(c2ccc(Cl)cc2)CCCC1)C1CC1. The Kier molecular flexibility index (Phi) is 5.14. The lowest BCUT2D eigenvalue weighted by atomic mass is 9.79. The van der Waals surface area contributed by atoms with Gasteiger partial charge in [0.15, 0.2) is 6.61 Å². The van der Waals surface area contributed by atoms with Crippen LogP contribution in [0.3, 0.4) is 0 Å². The van der Waals surface area contributed by atoms with Crippen molar-refractivity contribution in [3.63, 3.8) is 0 Å². The summed E-state index contributed by atoms with van der Waals surface area (Å²) >= 11 is 5.96. The summed E-state index contributed by atoms with van der Waals surface area (Å²) in [6, 6.07) is 7.55. The summed E-state index contributed by atoms with van der Waals surface area (Å²) in [6.07, 6.45) is 5.83. The summed E-state index contributed by atoms with van der Waals surface area (Å²) < 4.78 is 5.39. The fourth-order valence-corrected chi connectivity index (χ4v) is 3.76. The summed E-state index contributed by atoms with van der Waals surface area (Å²) in [5.74, 6) is 0.0726. The van der Waals surface area contributed by atoms with Crippen LogP contribution in [0.1, 0.15) is 51.0 Å². The maximum atomic E-state index is 12.8. The fourth-order valence-electron chi connectivity index (χ4n) is 3.64. The predicted molar refractivity (Wildman–Crippen MR) is 92.9 cm³/mol. The van der Waals surface area contributed by atoms with Gasteiger partial charge in [0.2, 0.25) is 0 Å². The van der Waals surface area contributed by atoms with Gasteiger partial charge in [-0.3, -0.25) is 9.59 Å². The van der Waals surface area contributed by atoms with Gasteiger partial charge in [-0.15, -0.1) is 0 Å². The molecule has 4 nitrogen and oxygen atoms in total. The van der Waals surface area contributed by atoms with Crippen molar-refractivity contribution < 1.29 is 14.3 Å². The third kappa shape index (κ3) is 3.75. The van der Waals surface area contributed by atoms with Crippen molar-refractivity contribution in [2.45, 2.75) is 56.9 Å². The third-order valence-electron chi connectivity index (χ3n) is 5.30. The Morgan fingerprint density at radius 3 is 2.46 bits per heavy atom. The summed E-state index contributed by atoms with van der Waals surface area (Å²) in [6.45, 7) is 1.80. The van der Waals surface area contributed by atoms with Crippen LogP contribution in [0.4, 0.5) is 0 Å². The van der Waals surface area contributed by atoms with Crippen LogP contribution in [0.15, 0.2) is 24.3 Å². The van der Waals surface area contributed by atoms with E-state index in [9.17, 15) is 9.59 Å². The maximum absolute atomic E-state index is 12.8. The van der Waals surface area contributed by atoms with Crippen LogP contribution in [-0.4, -0.2) is 24.5 Å². The minimum absolute atomic E-state index is 0.160. The number of amides is 1. The maximum Gasteiger partial charge on any atom is 0.317 e. The standard InChI is InChI=1S/C19H24ClNO3/c1-13(14-4-5-14)21-17(22)12-24-18(23)19(10-2-3-11-19)15-6-8-16(20)9-7-15/h6-9,13-14H,2-5,10-12H2,1H3,(H,21,22)/t13-/m1/s1. The Hall–Kier alpha value is -1.55. The first-order chi connectivity index (χ1) is 11.5. The number of halogens is 1. The summed E-state index contributed by atoms with van der Waals surface area (Å²) in [5.41, 5.74) is 0.300. The Morgan fingerprint density at radius 1 is 1.25 bits per heavy atom. The van der Waals surface area contributed by atoms with Crippen molar-refractivity contribution in [2.75, 3.05) is 6.61 Å². The smallest absolute Gasteiger partial charge is 0.317 e. The number of nitrogens with one attached hydrogen (secondary N) is 1. The molecule has 2 aliphatic carbocycles. The van der Waals surface area contributed by atoms with Gasteiger partial charge in [0.05, 0.1) is 5.41 Å². The summed E-state index contributed by atoms with van der Waals surface area (Å²) in [7, 11) is 0. The number of hydrogen-bond acceptors (Lipinski definition) is 3. The number of esters is 1. The van der Waals surface area contributed by atoms with E-state index in [2.05, 4.69) is 5.32 Å². The predicted octanol–water partition coefficient (Wildman–Crippen LogP) is 3.61. The zero-order valence-electron chi connectivity index (χ0n) is 14.0. The monoisotopic (exact) mass is 349 g/mol. The quantitative estimate of drug-likeness (QED) is 0.798. The highest BCUT2D eigenvalue weighted by Crippen LogP contribution is 2.42. The topological polar surface area (TPSA) is 55.4 Å². The Morgan fingerprint density at radius 2 is 1.88 bits per heavy atom. The van der Waals surface area contributed by atoms with Crippen LogP contribution in [0.2, 0.25) is 5.02 Å². The van der Waals surface area contributed by atoms with E-state index in [1.165, 1.54) is 12.8 Å². The first-order valence-electron chi connectivity index (χ1n) is 8.74. The van der Waals surface area contributed by atoms with Gasteiger partial charge in [-0.25, -0.2) is 0 Å². The molecule has 5 heteroatoms. The van der Waals surface area contributed by atoms with Crippen molar-refractivity contribution in [1.29, 1.82) is 0 Å². The molecule has 1 aromatic rings. The molecule has 0 spiro atoms. The van der Waals surface area contributed by atoms with Gasteiger partial charge in [-0.2, -0.15) is 0 Å². The first-order valence-corrected chi connectivity index (χ1v) is 9.12. The molecule has 130 valence electrons. The summed E-state index contributed by atoms with van der Waals surface area (Å²) in [5, 5.41) is 3.56. The van der Waals surface area contributed by atoms with Crippen LogP contribution in [0.5, 0.6) is 0 Å². The van der Waals surface area contributed by atoms with E-state index in [1.807, 2.05) is 19.1 Å². The molecule has 0 bridgehead atoms. The minimum Gasteiger partial charge on any atom is -0.455 e. The molecule has 0 unspecified atom stereocenters. The third-order valence-corrected chi connectivity index (χ3v) is 5.55. The molecular weight excluding hydrogens is 326 g/mol. The lowest BCUT2D eigenvalue weighted by Crippen LogP contribution is -2.40. The van der Waals surface area contributed by atoms with Gasteiger partial charge in [0.1, 0.15) is 0 Å². The Labute approximate surface area is 147 Å². The van der Waals surface area contributed by atoms with Crippen LogP contribution >= 0.6 is 11.6 Å². The number of carbonyl (C=O) groups is 2. The molecule has 1 aromatic carbocycles. The number of rotatable bonds is 6. The van der Waals surface area contributed by atoms with E-state index >= 15 is 0 Å². The molecule has 3 rings (SSSR count). The minimum atomic E-state index is -0.632. The molecule has 1 amide bonds. The van der Waals surface area contributed by atoms with Crippen molar-refractivity contribution in [3.05, 3.63) is 34.9 Å². The lowest BCUT2D eigenvalue weighted by molar-refractivity contribution is -0.154. The van der Waals surface area contributed by atoms with Gasteiger partial charge in [-0.1, -0.05) is 36.6 Å². The first kappa shape index (κ1) is 17.3. The van der Waals surface area contributed by atoms with Crippen molar-refractivity contribution in [1.82, 2.24) is 5.32 Å². The van der Waals surface area contributed by atoms with Crippen molar-refractivity contribution >= 4 is 23.5 Å². The van der Waals surface area contributed by atoms with E-state index < -0.39 is 5.41 Å². The molecule has 0 radical (unpaired) electrons. The Balaban J connectivity index is 1.62. The molecule has 2 fully saturated rings. The van der Waals surface area contributed by atoms with E-state index in [4.69, 9.17) is 16.3 Å². The normalized spacial score (nSPS) is 20.4. The van der Waals surface area contributed by atoms with Crippen LogP contribution in [0.25, 0.3) is 0 Å². The molecule has 1 atom stereocenters. The molecule has 2 aliphatic rings. The molecule has 24 heavy (non-hydrogen) atoms. The largest absolute Gasteiger partial charge is 0.455 e. The van der Waals surface area contributed by atoms with Crippen LogP contribution < -0.4 is 5.32 Å². The van der Waals surface area contributed by atoms with Gasteiger partial charge < -0.3 is 10.1 Å². The molecule has 0 heterocycles. The van der Waals surface area contributed by atoms with E-state index in [0.717, 1.165) is 31.2 Å². The zero-order valence-corrected chi connectivity index (χ0v) is 14.8. The zero-order chi connectivity index (χ0) is 17.2. The van der Waals surface area contributed by atoms with Gasteiger partial charge >= 0.3 is 5.97 Å². The molecule has 0 aromatic heterocycles. The molecule has 1 N–H and O–H groups in total. The van der Waals surface area contributed by atoms with E-state index in [1.54, 1.807) is 12.1 Å².